The summed E-state index contributed by atoms with van der Waals surface area (Å²) in [4.78, 5) is 21.6. The Kier molecular flexibility index (Phi) is 4.63. The maximum absolute atomic E-state index is 13.0. The van der Waals surface area contributed by atoms with Crippen LogP contribution >= 0.6 is 0 Å². The summed E-state index contributed by atoms with van der Waals surface area (Å²) >= 11 is 0. The van der Waals surface area contributed by atoms with E-state index in [1.165, 1.54) is 32.0 Å². The first-order valence-corrected chi connectivity index (χ1v) is 5.05. The largest absolute Gasteiger partial charge is 0.462 e. The molecule has 0 fully saturated rings. The van der Waals surface area contributed by atoms with Gasteiger partial charge in [0.2, 0.25) is 0 Å². The second-order valence-electron chi connectivity index (χ2n) is 3.46. The monoisotopic (exact) mass is 240 g/mol. The van der Waals surface area contributed by atoms with E-state index in [-0.39, 0.29) is 6.61 Å². The molecule has 0 amide bonds. The molecule has 0 bridgehead atoms. The zero-order chi connectivity index (χ0) is 12.8. The molecule has 17 heavy (non-hydrogen) atoms. The van der Waals surface area contributed by atoms with Crippen molar-refractivity contribution in [1.82, 2.24) is 0 Å². The number of hydrogen-bond donors (Lipinski definition) is 0. The Morgan fingerprint density at radius 1 is 1.29 bits per heavy atom. The molecule has 0 saturated carbocycles. The van der Waals surface area contributed by atoms with Crippen molar-refractivity contribution in [3.05, 3.63) is 35.6 Å². The van der Waals surface area contributed by atoms with Gasteiger partial charge in [0, 0.05) is 13.8 Å². The van der Waals surface area contributed by atoms with Gasteiger partial charge in [-0.15, -0.1) is 0 Å². The molecule has 0 N–H and O–H groups in total. The van der Waals surface area contributed by atoms with Gasteiger partial charge >= 0.3 is 11.9 Å². The molecular weight excluding hydrogens is 227 g/mol. The van der Waals surface area contributed by atoms with Crippen molar-refractivity contribution in [2.45, 2.75) is 20.0 Å². The van der Waals surface area contributed by atoms with Crippen LogP contribution in [0.25, 0.3) is 0 Å². The normalized spacial score (nSPS) is 11.7. The number of benzene rings is 1. The van der Waals surface area contributed by atoms with Crippen LogP contribution in [0.2, 0.25) is 0 Å². The zero-order valence-electron chi connectivity index (χ0n) is 9.60. The van der Waals surface area contributed by atoms with E-state index in [1.807, 2.05) is 0 Å². The van der Waals surface area contributed by atoms with E-state index in [0.29, 0.717) is 5.56 Å². The predicted molar refractivity (Wildman–Crippen MR) is 57.5 cm³/mol. The van der Waals surface area contributed by atoms with E-state index in [0.717, 1.165) is 0 Å². The van der Waals surface area contributed by atoms with Gasteiger partial charge in [0.05, 0.1) is 0 Å². The lowest BCUT2D eigenvalue weighted by atomic mass is 10.1. The van der Waals surface area contributed by atoms with Crippen molar-refractivity contribution in [3.8, 4) is 0 Å². The SMILES string of the molecule is CC(=O)OC[C@@H](OC(C)=O)c1cccc(F)c1. The van der Waals surface area contributed by atoms with Crippen molar-refractivity contribution >= 4 is 11.9 Å². The van der Waals surface area contributed by atoms with Gasteiger partial charge in [-0.3, -0.25) is 9.59 Å². The Balaban J connectivity index is 2.81. The van der Waals surface area contributed by atoms with Crippen LogP contribution in [0.1, 0.15) is 25.5 Å². The van der Waals surface area contributed by atoms with Gasteiger partial charge in [0.1, 0.15) is 12.4 Å². The molecule has 0 saturated heterocycles. The molecule has 1 aromatic rings. The van der Waals surface area contributed by atoms with Crippen LogP contribution in [0.5, 0.6) is 0 Å². The van der Waals surface area contributed by atoms with Crippen molar-refractivity contribution in [2.75, 3.05) is 6.61 Å². The van der Waals surface area contributed by atoms with Crippen LogP contribution in [0.3, 0.4) is 0 Å². The summed E-state index contributed by atoms with van der Waals surface area (Å²) in [6, 6.07) is 5.60. The van der Waals surface area contributed by atoms with Crippen LogP contribution < -0.4 is 0 Å². The molecule has 0 aliphatic rings. The topological polar surface area (TPSA) is 52.6 Å². The first-order chi connectivity index (χ1) is 7.99. The highest BCUT2D eigenvalue weighted by Crippen LogP contribution is 2.19. The van der Waals surface area contributed by atoms with E-state index in [2.05, 4.69) is 0 Å². The molecule has 5 heteroatoms. The summed E-state index contributed by atoms with van der Waals surface area (Å²) in [5.74, 6) is -1.45. The number of rotatable bonds is 4. The number of esters is 2. The average Bonchev–Trinajstić information content (AvgIpc) is 2.23. The van der Waals surface area contributed by atoms with Crippen molar-refractivity contribution in [1.29, 1.82) is 0 Å². The first kappa shape index (κ1) is 13.2. The highest BCUT2D eigenvalue weighted by Gasteiger charge is 2.16. The molecule has 1 rings (SSSR count). The maximum Gasteiger partial charge on any atom is 0.303 e. The highest BCUT2D eigenvalue weighted by atomic mass is 19.1. The van der Waals surface area contributed by atoms with E-state index >= 15 is 0 Å². The molecule has 0 spiro atoms. The molecule has 0 heterocycles. The summed E-state index contributed by atoms with van der Waals surface area (Å²) in [6.07, 6.45) is -0.785. The van der Waals surface area contributed by atoms with Gasteiger partial charge in [-0.05, 0) is 17.7 Å². The van der Waals surface area contributed by atoms with E-state index in [9.17, 15) is 14.0 Å². The molecule has 1 atom stereocenters. The maximum atomic E-state index is 13.0. The second-order valence-corrected chi connectivity index (χ2v) is 3.46. The van der Waals surface area contributed by atoms with Gasteiger partial charge in [0.15, 0.2) is 6.10 Å². The van der Waals surface area contributed by atoms with Gasteiger partial charge < -0.3 is 9.47 Å². The lowest BCUT2D eigenvalue weighted by molar-refractivity contribution is -0.156. The molecule has 0 aromatic heterocycles. The fourth-order valence-electron chi connectivity index (χ4n) is 1.30. The molecule has 0 aliphatic heterocycles. The molecule has 0 aliphatic carbocycles. The Bertz CT molecular complexity index is 417. The Morgan fingerprint density at radius 3 is 2.53 bits per heavy atom. The smallest absolute Gasteiger partial charge is 0.303 e. The lowest BCUT2D eigenvalue weighted by Gasteiger charge is -2.17. The Hall–Kier alpha value is -1.91. The van der Waals surface area contributed by atoms with Gasteiger partial charge in [0.25, 0.3) is 0 Å². The minimum Gasteiger partial charge on any atom is -0.462 e. The minimum absolute atomic E-state index is 0.127. The summed E-state index contributed by atoms with van der Waals surface area (Å²) in [5, 5.41) is 0. The second kappa shape index (κ2) is 5.98. The highest BCUT2D eigenvalue weighted by molar-refractivity contribution is 5.67. The number of ether oxygens (including phenoxy) is 2. The lowest BCUT2D eigenvalue weighted by Crippen LogP contribution is -2.16. The van der Waals surface area contributed by atoms with E-state index in [1.54, 1.807) is 6.07 Å². The van der Waals surface area contributed by atoms with Crippen molar-refractivity contribution in [2.24, 2.45) is 0 Å². The Morgan fingerprint density at radius 2 is 2.00 bits per heavy atom. The summed E-state index contributed by atoms with van der Waals surface area (Å²) in [6.45, 7) is 2.36. The van der Waals surface area contributed by atoms with Crippen LogP contribution in [-0.2, 0) is 19.1 Å². The van der Waals surface area contributed by atoms with E-state index < -0.39 is 23.9 Å². The van der Waals surface area contributed by atoms with Crippen LogP contribution in [-0.4, -0.2) is 18.5 Å². The Labute approximate surface area is 98.3 Å². The summed E-state index contributed by atoms with van der Waals surface area (Å²) in [7, 11) is 0. The predicted octanol–water partition coefficient (Wildman–Crippen LogP) is 1.99. The quantitative estimate of drug-likeness (QED) is 0.755. The van der Waals surface area contributed by atoms with Gasteiger partial charge in [-0.1, -0.05) is 12.1 Å². The number of carbonyl (C=O) groups is 2. The standard InChI is InChI=1S/C12H13FO4/c1-8(14)16-7-12(17-9(2)15)10-4-3-5-11(13)6-10/h3-6,12H,7H2,1-2H3/t12-/m1/s1. The fraction of sp³-hybridized carbons (Fsp3) is 0.333. The van der Waals surface area contributed by atoms with Crippen LogP contribution in [0.15, 0.2) is 24.3 Å². The number of hydrogen-bond acceptors (Lipinski definition) is 4. The molecule has 92 valence electrons. The third-order valence-corrected chi connectivity index (χ3v) is 1.97. The first-order valence-electron chi connectivity index (χ1n) is 5.05. The van der Waals surface area contributed by atoms with E-state index in [4.69, 9.17) is 9.47 Å². The fourth-order valence-corrected chi connectivity index (χ4v) is 1.30. The third-order valence-electron chi connectivity index (χ3n) is 1.97. The van der Waals surface area contributed by atoms with Gasteiger partial charge in [-0.2, -0.15) is 0 Å². The average molecular weight is 240 g/mol. The van der Waals surface area contributed by atoms with Crippen molar-refractivity contribution < 1.29 is 23.5 Å². The number of carbonyl (C=O) groups excluding carboxylic acids is 2. The molecular formula is C12H13FO4. The number of halogens is 1. The van der Waals surface area contributed by atoms with Gasteiger partial charge in [-0.25, -0.2) is 4.39 Å². The summed E-state index contributed by atoms with van der Waals surface area (Å²) < 4.78 is 22.7. The van der Waals surface area contributed by atoms with Crippen molar-refractivity contribution in [3.63, 3.8) is 0 Å². The molecule has 4 nitrogen and oxygen atoms in total. The minimum atomic E-state index is -0.785. The van der Waals surface area contributed by atoms with Crippen LogP contribution in [0, 0.1) is 5.82 Å². The third kappa shape index (κ3) is 4.63. The van der Waals surface area contributed by atoms with Crippen LogP contribution in [0.4, 0.5) is 4.39 Å². The summed E-state index contributed by atoms with van der Waals surface area (Å²) in [5.41, 5.74) is 0.446. The molecule has 1 aromatic carbocycles. The molecule has 0 unspecified atom stereocenters. The zero-order valence-corrected chi connectivity index (χ0v) is 9.60. The molecule has 0 radical (unpaired) electrons.